The molecule has 1 aliphatic carbocycles. The van der Waals surface area contributed by atoms with Crippen molar-refractivity contribution in [3.8, 4) is 5.75 Å². The Bertz CT molecular complexity index is 1060. The molecule has 2 heterocycles. The number of hydrogen-bond donors (Lipinski definition) is 1. The van der Waals surface area contributed by atoms with Gasteiger partial charge in [0.25, 0.3) is 11.8 Å². The summed E-state index contributed by atoms with van der Waals surface area (Å²) < 4.78 is 7.18. The molecule has 0 atom stereocenters. The molecule has 1 saturated heterocycles. The van der Waals surface area contributed by atoms with Gasteiger partial charge in [0.1, 0.15) is 5.75 Å². The number of piperazine rings is 1. The van der Waals surface area contributed by atoms with Gasteiger partial charge >= 0.3 is 0 Å². The van der Waals surface area contributed by atoms with Crippen LogP contribution < -0.4 is 10.5 Å². The van der Waals surface area contributed by atoms with E-state index in [-0.39, 0.29) is 18.2 Å². The molecule has 0 bridgehead atoms. The molecule has 2 amide bonds. The zero-order chi connectivity index (χ0) is 24.9. The minimum atomic E-state index is -0.496. The van der Waals surface area contributed by atoms with E-state index in [1.165, 1.54) is 19.3 Å². The normalized spacial score (nSPS) is 17.4. The molecular formula is C27H36N4O4. The number of rotatable bonds is 8. The average molecular weight is 481 g/mol. The molecule has 2 fully saturated rings. The van der Waals surface area contributed by atoms with Crippen LogP contribution in [-0.4, -0.2) is 71.8 Å². The Hall–Kier alpha value is -3.13. The maximum Gasteiger partial charge on any atom is 0.253 e. The summed E-state index contributed by atoms with van der Waals surface area (Å²) in [7, 11) is 1.60. The van der Waals surface area contributed by atoms with Crippen molar-refractivity contribution in [3.63, 3.8) is 0 Å². The second-order valence-electron chi connectivity index (χ2n) is 9.73. The first-order chi connectivity index (χ1) is 16.9. The molecule has 0 radical (unpaired) electrons. The number of amides is 2. The van der Waals surface area contributed by atoms with Crippen LogP contribution in [0.5, 0.6) is 5.75 Å². The Kier molecular flexibility index (Phi) is 7.90. The van der Waals surface area contributed by atoms with Gasteiger partial charge < -0.3 is 19.9 Å². The van der Waals surface area contributed by atoms with Crippen LogP contribution in [0.25, 0.3) is 0 Å². The monoisotopic (exact) mass is 480 g/mol. The molecule has 2 aliphatic rings. The van der Waals surface area contributed by atoms with E-state index < -0.39 is 5.91 Å². The first-order valence-electron chi connectivity index (χ1n) is 12.6. The van der Waals surface area contributed by atoms with Crippen molar-refractivity contribution >= 4 is 17.6 Å². The molecule has 188 valence electrons. The largest absolute Gasteiger partial charge is 0.497 e. The molecule has 8 heteroatoms. The lowest BCUT2D eigenvalue weighted by Crippen LogP contribution is -2.50. The Morgan fingerprint density at radius 3 is 2.26 bits per heavy atom. The van der Waals surface area contributed by atoms with Crippen LogP contribution in [0.2, 0.25) is 0 Å². The zero-order valence-electron chi connectivity index (χ0n) is 20.8. The van der Waals surface area contributed by atoms with Gasteiger partial charge in [-0.3, -0.25) is 19.3 Å². The van der Waals surface area contributed by atoms with Crippen molar-refractivity contribution in [1.29, 1.82) is 0 Å². The predicted molar refractivity (Wildman–Crippen MR) is 134 cm³/mol. The first-order valence-corrected chi connectivity index (χ1v) is 12.6. The van der Waals surface area contributed by atoms with E-state index in [1.807, 2.05) is 16.4 Å². The summed E-state index contributed by atoms with van der Waals surface area (Å²) in [5.41, 5.74) is 8.01. The van der Waals surface area contributed by atoms with E-state index in [0.717, 1.165) is 25.1 Å². The van der Waals surface area contributed by atoms with Crippen molar-refractivity contribution in [2.24, 2.45) is 11.7 Å². The summed E-state index contributed by atoms with van der Waals surface area (Å²) in [5.74, 6) is 0.722. The molecule has 4 rings (SSSR count). The van der Waals surface area contributed by atoms with Crippen LogP contribution in [0, 0.1) is 12.8 Å². The van der Waals surface area contributed by atoms with Crippen LogP contribution >= 0.6 is 0 Å². The molecule has 35 heavy (non-hydrogen) atoms. The number of methoxy groups -OCH3 is 1. The highest BCUT2D eigenvalue weighted by Gasteiger charge is 2.27. The van der Waals surface area contributed by atoms with Gasteiger partial charge in [-0.05, 0) is 56.0 Å². The molecule has 1 aliphatic heterocycles. The molecule has 8 nitrogen and oxygen atoms in total. The Morgan fingerprint density at radius 2 is 1.66 bits per heavy atom. The number of benzene rings is 1. The van der Waals surface area contributed by atoms with E-state index in [4.69, 9.17) is 10.5 Å². The third-order valence-corrected chi connectivity index (χ3v) is 7.45. The summed E-state index contributed by atoms with van der Waals surface area (Å²) in [5, 5.41) is 0. The average Bonchev–Trinajstić information content (AvgIpc) is 3.21. The number of ether oxygens (including phenoxy) is 1. The molecule has 1 aromatic heterocycles. The van der Waals surface area contributed by atoms with Crippen molar-refractivity contribution < 1.29 is 19.1 Å². The fraction of sp³-hybridized carbons (Fsp3) is 0.519. The second kappa shape index (κ2) is 11.1. The fourth-order valence-electron chi connectivity index (χ4n) is 5.30. The van der Waals surface area contributed by atoms with Crippen molar-refractivity contribution in [2.75, 3.05) is 39.8 Å². The van der Waals surface area contributed by atoms with Crippen LogP contribution in [0.1, 0.15) is 69.0 Å². The van der Waals surface area contributed by atoms with E-state index in [2.05, 4.69) is 4.90 Å². The van der Waals surface area contributed by atoms with Gasteiger partial charge in [0.2, 0.25) is 0 Å². The lowest BCUT2D eigenvalue weighted by molar-refractivity contribution is 0.0622. The number of ketones is 1. The van der Waals surface area contributed by atoms with Crippen molar-refractivity contribution in [2.45, 2.75) is 45.6 Å². The fourth-order valence-corrected chi connectivity index (χ4v) is 5.30. The van der Waals surface area contributed by atoms with Crippen LogP contribution in [0.4, 0.5) is 0 Å². The predicted octanol–water partition coefficient (Wildman–Crippen LogP) is 3.13. The third kappa shape index (κ3) is 5.75. The van der Waals surface area contributed by atoms with Crippen LogP contribution in [0.3, 0.4) is 0 Å². The molecule has 2 aromatic rings. The van der Waals surface area contributed by atoms with Crippen LogP contribution in [-0.2, 0) is 6.54 Å². The topological polar surface area (TPSA) is 97.9 Å². The molecule has 1 saturated carbocycles. The molecule has 0 spiro atoms. The summed E-state index contributed by atoms with van der Waals surface area (Å²) >= 11 is 0. The molecular weight excluding hydrogens is 444 g/mol. The summed E-state index contributed by atoms with van der Waals surface area (Å²) in [6.07, 6.45) is 6.02. The lowest BCUT2D eigenvalue weighted by atomic mass is 9.89. The Morgan fingerprint density at radius 1 is 1.00 bits per heavy atom. The van der Waals surface area contributed by atoms with E-state index in [1.54, 1.807) is 37.4 Å². The van der Waals surface area contributed by atoms with Gasteiger partial charge in [0, 0.05) is 44.0 Å². The minimum absolute atomic E-state index is 0.00802. The van der Waals surface area contributed by atoms with Crippen molar-refractivity contribution in [1.82, 2.24) is 14.4 Å². The maximum atomic E-state index is 13.4. The summed E-state index contributed by atoms with van der Waals surface area (Å²) in [6.45, 7) is 5.27. The summed E-state index contributed by atoms with van der Waals surface area (Å²) in [4.78, 5) is 42.1. The minimum Gasteiger partial charge on any atom is -0.497 e. The molecule has 2 N–H and O–H groups in total. The number of hydrogen-bond acceptors (Lipinski definition) is 5. The highest BCUT2D eigenvalue weighted by Crippen LogP contribution is 2.28. The van der Waals surface area contributed by atoms with Gasteiger partial charge in [0.05, 0.1) is 24.9 Å². The number of nitrogens with zero attached hydrogens (tertiary/aromatic N) is 3. The van der Waals surface area contributed by atoms with E-state index in [9.17, 15) is 14.4 Å². The van der Waals surface area contributed by atoms with Crippen molar-refractivity contribution in [3.05, 3.63) is 52.8 Å². The smallest absolute Gasteiger partial charge is 0.253 e. The number of primary amides is 1. The Labute approximate surface area is 207 Å². The van der Waals surface area contributed by atoms with Gasteiger partial charge in [-0.25, -0.2) is 0 Å². The lowest BCUT2D eigenvalue weighted by Gasteiger charge is -2.34. The Balaban J connectivity index is 1.39. The number of Topliss-reactive ketones (excluding diaryl/α,β-unsaturated/α-hetero) is 1. The van der Waals surface area contributed by atoms with E-state index in [0.29, 0.717) is 54.7 Å². The number of aromatic nitrogens is 1. The molecule has 0 unspecified atom stereocenters. The second-order valence-corrected chi connectivity index (χ2v) is 9.73. The highest BCUT2D eigenvalue weighted by atomic mass is 16.5. The molecule has 1 aromatic carbocycles. The highest BCUT2D eigenvalue weighted by molar-refractivity contribution is 6.01. The zero-order valence-corrected chi connectivity index (χ0v) is 20.8. The summed E-state index contributed by atoms with van der Waals surface area (Å²) in [6, 6.07) is 8.79. The van der Waals surface area contributed by atoms with Gasteiger partial charge in [-0.2, -0.15) is 0 Å². The van der Waals surface area contributed by atoms with Gasteiger partial charge in [-0.1, -0.05) is 19.3 Å². The van der Waals surface area contributed by atoms with Gasteiger partial charge in [-0.15, -0.1) is 0 Å². The van der Waals surface area contributed by atoms with Gasteiger partial charge in [0.15, 0.2) is 5.78 Å². The quantitative estimate of drug-likeness (QED) is 0.586. The number of carbonyl (C=O) groups excluding carboxylic acids is 3. The standard InChI is InChI=1S/C27H36N4O4/c1-19-23(26(28)33)16-24(31(19)17-20-6-4-3-5-7-20)25(32)18-29-12-14-30(15-13-29)27(34)21-8-10-22(35-2)11-9-21/h8-11,16,20H,3-7,12-15,17-18H2,1-2H3,(H2,28,33). The number of nitrogens with two attached hydrogens (primary N) is 1. The third-order valence-electron chi connectivity index (χ3n) is 7.45. The first kappa shape index (κ1) is 25.0. The SMILES string of the molecule is COc1ccc(C(=O)N2CCN(CC(=O)c3cc(C(N)=O)c(C)n3CC3CCCCC3)CC2)cc1. The van der Waals surface area contributed by atoms with Crippen LogP contribution in [0.15, 0.2) is 30.3 Å². The van der Waals surface area contributed by atoms with E-state index >= 15 is 0 Å². The number of carbonyl (C=O) groups is 3. The maximum absolute atomic E-state index is 13.4.